The first kappa shape index (κ1) is 25.1. The Kier molecular flexibility index (Phi) is 7.22. The number of imidazole rings is 1. The molecule has 1 unspecified atom stereocenters. The van der Waals surface area contributed by atoms with Gasteiger partial charge in [0.05, 0.1) is 0 Å². The summed E-state index contributed by atoms with van der Waals surface area (Å²) < 4.78 is 9.26. The van der Waals surface area contributed by atoms with Gasteiger partial charge in [-0.25, -0.2) is 4.79 Å². The van der Waals surface area contributed by atoms with Gasteiger partial charge >= 0.3 is 11.8 Å². The first-order valence-electron chi connectivity index (χ1n) is 12.1. The molecule has 4 rings (SSSR count). The lowest BCUT2D eigenvalue weighted by Crippen LogP contribution is -2.40. The summed E-state index contributed by atoms with van der Waals surface area (Å²) in [5.41, 5.74) is 9.25. The van der Waals surface area contributed by atoms with Crippen LogP contribution in [0.15, 0.2) is 73.1 Å². The van der Waals surface area contributed by atoms with E-state index in [0.29, 0.717) is 5.82 Å². The molecule has 1 aromatic heterocycles. The van der Waals surface area contributed by atoms with E-state index in [4.69, 9.17) is 4.74 Å². The van der Waals surface area contributed by atoms with Crippen LogP contribution in [0.25, 0.3) is 17.5 Å². The second kappa shape index (κ2) is 10.3. The van der Waals surface area contributed by atoms with Crippen LogP contribution < -0.4 is 4.57 Å². The summed E-state index contributed by atoms with van der Waals surface area (Å²) in [5, 5.41) is 10.5. The molecule has 3 aromatic carbocycles. The second-order valence-electron chi connectivity index (χ2n) is 9.42. The molecule has 0 aliphatic heterocycles. The quantitative estimate of drug-likeness (QED) is 0.215. The van der Waals surface area contributed by atoms with Crippen molar-refractivity contribution in [2.45, 2.75) is 47.8 Å². The number of esters is 1. The van der Waals surface area contributed by atoms with Gasteiger partial charge in [-0.2, -0.15) is 9.13 Å². The van der Waals surface area contributed by atoms with Crippen molar-refractivity contribution in [3.63, 3.8) is 0 Å². The Hall–Kier alpha value is -3.96. The summed E-state index contributed by atoms with van der Waals surface area (Å²) in [6.07, 6.45) is 5.57. The highest BCUT2D eigenvalue weighted by molar-refractivity contribution is 5.85. The minimum absolute atomic E-state index is 0.312. The Balaban J connectivity index is 1.81. The highest BCUT2D eigenvalue weighted by Gasteiger charge is 2.33. The molecule has 0 aliphatic carbocycles. The SMILES string of the molecule is Cc1cc(C)c(-n2cc[n+](-c3c(C)cc(C)cc3C)c2C(=O)OC(O)/C=C/c2ccccc2)c(C)c1. The molecule has 1 N–H and O–H groups in total. The molecule has 184 valence electrons. The third-order valence-electron chi connectivity index (χ3n) is 6.24. The number of carbonyl (C=O) groups excluding carboxylic acids is 1. The molecule has 5 heteroatoms. The van der Waals surface area contributed by atoms with E-state index in [-0.39, 0.29) is 0 Å². The topological polar surface area (TPSA) is 55.3 Å². The fraction of sp³-hybridized carbons (Fsp3) is 0.226. The van der Waals surface area contributed by atoms with Crippen molar-refractivity contribution < 1.29 is 19.2 Å². The van der Waals surface area contributed by atoms with Gasteiger partial charge in [-0.05, 0) is 75.4 Å². The fourth-order valence-electron chi connectivity index (χ4n) is 5.01. The molecule has 0 spiro atoms. The minimum atomic E-state index is -1.39. The Bertz CT molecular complexity index is 1330. The van der Waals surface area contributed by atoms with Crippen LogP contribution in [0.1, 0.15) is 49.6 Å². The Morgan fingerprint density at radius 1 is 0.889 bits per heavy atom. The first-order chi connectivity index (χ1) is 17.2. The van der Waals surface area contributed by atoms with Gasteiger partial charge in [0.15, 0.2) is 0 Å². The summed E-state index contributed by atoms with van der Waals surface area (Å²) in [7, 11) is 0. The van der Waals surface area contributed by atoms with Crippen LogP contribution in [0.2, 0.25) is 0 Å². The Labute approximate surface area is 212 Å². The molecule has 0 saturated carbocycles. The molecular weight excluding hydrogens is 448 g/mol. The van der Waals surface area contributed by atoms with Crippen LogP contribution in [0, 0.1) is 41.5 Å². The zero-order chi connectivity index (χ0) is 26.0. The van der Waals surface area contributed by atoms with E-state index in [1.807, 2.05) is 79.6 Å². The summed E-state index contributed by atoms with van der Waals surface area (Å²) in [6.45, 7) is 12.3. The Morgan fingerprint density at radius 3 is 2.03 bits per heavy atom. The predicted molar refractivity (Wildman–Crippen MR) is 143 cm³/mol. The number of aryl methyl sites for hydroxylation is 6. The number of hydrogen-bond donors (Lipinski definition) is 1. The molecule has 0 aliphatic rings. The molecule has 4 aromatic rings. The number of aliphatic hydroxyl groups is 1. The third-order valence-corrected chi connectivity index (χ3v) is 6.24. The van der Waals surface area contributed by atoms with E-state index < -0.39 is 12.3 Å². The van der Waals surface area contributed by atoms with Crippen molar-refractivity contribution in [3.05, 3.63) is 118 Å². The predicted octanol–water partition coefficient (Wildman–Crippen LogP) is 5.79. The normalized spacial score (nSPS) is 12.2. The van der Waals surface area contributed by atoms with E-state index >= 15 is 0 Å². The molecule has 0 amide bonds. The summed E-state index contributed by atoms with van der Waals surface area (Å²) in [5.74, 6) is -0.309. The fourth-order valence-corrected chi connectivity index (χ4v) is 5.01. The second-order valence-corrected chi connectivity index (χ2v) is 9.42. The van der Waals surface area contributed by atoms with Crippen LogP contribution in [-0.2, 0) is 4.74 Å². The number of carbonyl (C=O) groups is 1. The summed E-state index contributed by atoms with van der Waals surface area (Å²) in [4.78, 5) is 13.6. The minimum Gasteiger partial charge on any atom is -0.423 e. The van der Waals surface area contributed by atoms with Crippen molar-refractivity contribution in [1.29, 1.82) is 0 Å². The van der Waals surface area contributed by atoms with Crippen LogP contribution >= 0.6 is 0 Å². The lowest BCUT2D eigenvalue weighted by molar-refractivity contribution is -0.599. The van der Waals surface area contributed by atoms with Gasteiger partial charge in [-0.3, -0.25) is 0 Å². The zero-order valence-corrected chi connectivity index (χ0v) is 21.7. The van der Waals surface area contributed by atoms with Gasteiger partial charge < -0.3 is 9.84 Å². The number of benzene rings is 3. The van der Waals surface area contributed by atoms with Crippen LogP contribution in [0.5, 0.6) is 0 Å². The average molecular weight is 482 g/mol. The van der Waals surface area contributed by atoms with Gasteiger partial charge in [0, 0.05) is 0 Å². The number of rotatable bonds is 6. The lowest BCUT2D eigenvalue weighted by atomic mass is 10.0. The third kappa shape index (κ3) is 5.16. The number of aromatic nitrogens is 2. The molecule has 1 atom stereocenters. The van der Waals surface area contributed by atoms with E-state index in [9.17, 15) is 9.90 Å². The summed E-state index contributed by atoms with van der Waals surface area (Å²) >= 11 is 0. The smallest absolute Gasteiger partial charge is 0.423 e. The first-order valence-corrected chi connectivity index (χ1v) is 12.1. The van der Waals surface area contributed by atoms with Crippen LogP contribution in [0.3, 0.4) is 0 Å². The maximum absolute atomic E-state index is 13.6. The molecule has 0 bridgehead atoms. The van der Waals surface area contributed by atoms with Crippen molar-refractivity contribution in [2.75, 3.05) is 0 Å². The van der Waals surface area contributed by atoms with Gasteiger partial charge in [-0.1, -0.05) is 71.8 Å². The number of aliphatic hydroxyl groups excluding tert-OH is 1. The summed E-state index contributed by atoms with van der Waals surface area (Å²) in [6, 6.07) is 18.0. The van der Waals surface area contributed by atoms with Gasteiger partial charge in [0.1, 0.15) is 23.8 Å². The van der Waals surface area contributed by atoms with Gasteiger partial charge in [-0.15, -0.1) is 0 Å². The number of nitrogens with zero attached hydrogens (tertiary/aromatic N) is 2. The number of ether oxygens (including phenoxy) is 1. The largest absolute Gasteiger partial charge is 0.425 e. The highest BCUT2D eigenvalue weighted by Crippen LogP contribution is 2.24. The van der Waals surface area contributed by atoms with Crippen molar-refractivity contribution in [1.82, 2.24) is 4.57 Å². The van der Waals surface area contributed by atoms with Crippen molar-refractivity contribution in [3.8, 4) is 11.4 Å². The lowest BCUT2D eigenvalue weighted by Gasteiger charge is -2.13. The molecule has 0 fully saturated rings. The molecule has 36 heavy (non-hydrogen) atoms. The number of hydrogen-bond acceptors (Lipinski definition) is 3. The van der Waals surface area contributed by atoms with Gasteiger partial charge in [0.25, 0.3) is 0 Å². The average Bonchev–Trinajstić information content (AvgIpc) is 3.21. The maximum atomic E-state index is 13.6. The van der Waals surface area contributed by atoms with E-state index in [1.165, 1.54) is 6.08 Å². The van der Waals surface area contributed by atoms with Gasteiger partial charge in [0.2, 0.25) is 6.29 Å². The Morgan fingerprint density at radius 2 is 1.44 bits per heavy atom. The van der Waals surface area contributed by atoms with E-state index in [2.05, 4.69) is 38.1 Å². The van der Waals surface area contributed by atoms with Crippen molar-refractivity contribution in [2.24, 2.45) is 0 Å². The molecule has 0 saturated heterocycles. The molecular formula is C31H33N2O3+. The van der Waals surface area contributed by atoms with Crippen LogP contribution in [0.4, 0.5) is 0 Å². The van der Waals surface area contributed by atoms with Crippen molar-refractivity contribution >= 4 is 12.0 Å². The molecule has 0 radical (unpaired) electrons. The molecule has 1 heterocycles. The highest BCUT2D eigenvalue weighted by atomic mass is 16.6. The zero-order valence-electron chi connectivity index (χ0n) is 21.7. The maximum Gasteiger partial charge on any atom is 0.425 e. The van der Waals surface area contributed by atoms with E-state index in [0.717, 1.165) is 50.3 Å². The monoisotopic (exact) mass is 481 g/mol. The van der Waals surface area contributed by atoms with E-state index in [1.54, 1.807) is 6.08 Å². The standard InChI is InChI=1S/C31H33N2O3/c1-20-16-22(3)28(23(4)17-20)32-14-15-33(29-24(5)18-21(2)19-25(29)6)30(32)31(35)36-27(34)13-12-26-10-8-7-9-11-26/h7-19,27,34H,1-6H3/q+1/b13-12+. The van der Waals surface area contributed by atoms with Crippen LogP contribution in [-0.4, -0.2) is 21.9 Å². The molecule has 5 nitrogen and oxygen atoms in total.